The Labute approximate surface area is 210 Å². The lowest BCUT2D eigenvalue weighted by molar-refractivity contribution is -0.144. The third kappa shape index (κ3) is 5.10. The molecule has 4 rings (SSSR count). The second-order valence-corrected chi connectivity index (χ2v) is 10.7. The van der Waals surface area contributed by atoms with Crippen molar-refractivity contribution in [1.82, 2.24) is 20.5 Å². The van der Waals surface area contributed by atoms with Crippen LogP contribution in [0.25, 0.3) is 22.0 Å². The molecular weight excluding hydrogens is 460 g/mol. The molecule has 1 aliphatic heterocycles. The van der Waals surface area contributed by atoms with E-state index in [2.05, 4.69) is 47.2 Å². The largest absolute Gasteiger partial charge is 0.388 e. The van der Waals surface area contributed by atoms with Gasteiger partial charge in [-0.25, -0.2) is 4.98 Å². The number of likely N-dealkylation sites (N-methyl/N-ethyl adjacent to an activating group) is 1. The van der Waals surface area contributed by atoms with Crippen LogP contribution in [0.1, 0.15) is 50.2 Å². The highest BCUT2D eigenvalue weighted by Gasteiger charge is 2.42. The van der Waals surface area contributed by atoms with Gasteiger partial charge >= 0.3 is 0 Å². The average Bonchev–Trinajstić information content (AvgIpc) is 3.51. The van der Waals surface area contributed by atoms with E-state index in [1.165, 1.54) is 10.9 Å². The third-order valence-corrected chi connectivity index (χ3v) is 7.77. The minimum absolute atomic E-state index is 0.179. The van der Waals surface area contributed by atoms with Gasteiger partial charge in [0, 0.05) is 17.5 Å². The van der Waals surface area contributed by atoms with Crippen LogP contribution in [0.2, 0.25) is 0 Å². The van der Waals surface area contributed by atoms with Crippen molar-refractivity contribution in [1.29, 1.82) is 0 Å². The summed E-state index contributed by atoms with van der Waals surface area (Å²) >= 11 is 1.55. The predicted octanol–water partition coefficient (Wildman–Crippen LogP) is 3.80. The summed E-state index contributed by atoms with van der Waals surface area (Å²) in [5.74, 6) is -0.610. The molecule has 7 nitrogen and oxygen atoms in total. The summed E-state index contributed by atoms with van der Waals surface area (Å²) < 4.78 is 0. The molecule has 35 heavy (non-hydrogen) atoms. The van der Waals surface area contributed by atoms with Gasteiger partial charge in [0.1, 0.15) is 11.0 Å². The summed E-state index contributed by atoms with van der Waals surface area (Å²) in [6, 6.07) is 10.8. The van der Waals surface area contributed by atoms with E-state index in [9.17, 15) is 14.7 Å². The molecule has 0 saturated carbocycles. The number of nitrogens with zero attached hydrogens (tertiary/aromatic N) is 2. The summed E-state index contributed by atoms with van der Waals surface area (Å²) in [5.41, 5.74) is 1.78. The van der Waals surface area contributed by atoms with Crippen molar-refractivity contribution in [3.8, 4) is 11.3 Å². The number of hydrogen-bond donors (Lipinski definition) is 3. The zero-order valence-corrected chi connectivity index (χ0v) is 21.8. The van der Waals surface area contributed by atoms with Gasteiger partial charge in [-0.2, -0.15) is 0 Å². The summed E-state index contributed by atoms with van der Waals surface area (Å²) in [4.78, 5) is 32.9. The normalized spacial score (nSPS) is 18.0. The predicted molar refractivity (Wildman–Crippen MR) is 140 cm³/mol. The Morgan fingerprint density at radius 1 is 1.20 bits per heavy atom. The van der Waals surface area contributed by atoms with Crippen molar-refractivity contribution >= 4 is 33.9 Å². The molecule has 1 aromatic heterocycles. The number of aliphatic hydroxyl groups is 1. The number of fused-ring (bicyclic) bond motifs is 1. The smallest absolute Gasteiger partial charge is 0.248 e. The van der Waals surface area contributed by atoms with Crippen LogP contribution >= 0.6 is 11.3 Å². The van der Waals surface area contributed by atoms with E-state index in [1.807, 2.05) is 12.1 Å². The van der Waals surface area contributed by atoms with Gasteiger partial charge < -0.3 is 20.6 Å². The Morgan fingerprint density at radius 2 is 1.91 bits per heavy atom. The molecule has 2 amide bonds. The monoisotopic (exact) mass is 494 g/mol. The number of rotatable bonds is 7. The van der Waals surface area contributed by atoms with E-state index in [0.29, 0.717) is 6.54 Å². The number of hydrogen-bond acceptors (Lipinski definition) is 6. The van der Waals surface area contributed by atoms with Gasteiger partial charge in [0.15, 0.2) is 0 Å². The van der Waals surface area contributed by atoms with Gasteiger partial charge in [0.2, 0.25) is 11.8 Å². The highest BCUT2D eigenvalue weighted by Crippen LogP contribution is 2.38. The highest BCUT2D eigenvalue weighted by molar-refractivity contribution is 7.10. The lowest BCUT2D eigenvalue weighted by atomic mass is 9.96. The van der Waals surface area contributed by atoms with Crippen molar-refractivity contribution < 1.29 is 14.7 Å². The van der Waals surface area contributed by atoms with Crippen molar-refractivity contribution in [2.45, 2.75) is 64.3 Å². The second-order valence-electron chi connectivity index (χ2n) is 9.84. The highest BCUT2D eigenvalue weighted by atomic mass is 32.1. The van der Waals surface area contributed by atoms with Gasteiger partial charge in [0.25, 0.3) is 0 Å². The van der Waals surface area contributed by atoms with Crippen molar-refractivity contribution in [3.05, 3.63) is 52.3 Å². The summed E-state index contributed by atoms with van der Waals surface area (Å²) in [6.07, 6.45) is 1.64. The lowest BCUT2D eigenvalue weighted by Crippen LogP contribution is -2.60. The Morgan fingerprint density at radius 3 is 2.60 bits per heavy atom. The maximum atomic E-state index is 13.6. The van der Waals surface area contributed by atoms with E-state index in [4.69, 9.17) is 4.98 Å². The zero-order valence-electron chi connectivity index (χ0n) is 21.0. The Balaban J connectivity index is 1.62. The fraction of sp³-hybridized carbons (Fsp3) is 0.444. The summed E-state index contributed by atoms with van der Waals surface area (Å²) in [6.45, 7) is 7.49. The van der Waals surface area contributed by atoms with Crippen LogP contribution in [0.4, 0.5) is 0 Å². The standard InChI is InChI=1S/C27H34N4O3S/c1-16-12-13-20(19-10-7-6-9-18(16)19)21-15-35-25(29-21)22-11-8-14-31(22)26(33)23(27(3,4)34)30-24(32)17(2)28-5/h6-7,9-10,12-13,15,17,22-23,28,34H,8,11,14H2,1-5H3,(H,30,32)/t17-,22-,23+/m0/s1. The van der Waals surface area contributed by atoms with Crippen molar-refractivity contribution in [2.24, 2.45) is 0 Å². The topological polar surface area (TPSA) is 94.6 Å². The Hall–Kier alpha value is -2.81. The maximum Gasteiger partial charge on any atom is 0.248 e. The molecule has 2 aromatic carbocycles. The molecule has 3 atom stereocenters. The van der Waals surface area contributed by atoms with Gasteiger partial charge in [-0.3, -0.25) is 9.59 Å². The van der Waals surface area contributed by atoms with Crippen LogP contribution in [-0.2, 0) is 9.59 Å². The molecule has 0 aliphatic carbocycles. The first kappa shape index (κ1) is 25.3. The van der Waals surface area contributed by atoms with Crippen molar-refractivity contribution in [2.75, 3.05) is 13.6 Å². The molecule has 8 heteroatoms. The molecule has 1 fully saturated rings. The van der Waals surface area contributed by atoms with Gasteiger partial charge in [-0.1, -0.05) is 36.4 Å². The average molecular weight is 495 g/mol. The minimum atomic E-state index is -1.41. The van der Waals surface area contributed by atoms with Gasteiger partial charge in [-0.15, -0.1) is 11.3 Å². The molecule has 0 unspecified atom stereocenters. The first-order chi connectivity index (χ1) is 16.6. The quantitative estimate of drug-likeness (QED) is 0.465. The van der Waals surface area contributed by atoms with Gasteiger partial charge in [-0.05, 0) is 63.9 Å². The molecule has 1 aliphatic rings. The fourth-order valence-corrected chi connectivity index (χ4v) is 5.59. The molecule has 3 N–H and O–H groups in total. The third-order valence-electron chi connectivity index (χ3n) is 6.83. The van der Waals surface area contributed by atoms with E-state index < -0.39 is 17.7 Å². The van der Waals surface area contributed by atoms with Gasteiger partial charge in [0.05, 0.1) is 23.4 Å². The maximum absolute atomic E-state index is 13.6. The first-order valence-electron chi connectivity index (χ1n) is 12.1. The number of carbonyl (C=O) groups is 2. The molecule has 186 valence electrons. The molecule has 1 saturated heterocycles. The number of aryl methyl sites for hydroxylation is 1. The second kappa shape index (κ2) is 10.0. The van der Waals surface area contributed by atoms with Crippen LogP contribution in [0.15, 0.2) is 41.8 Å². The van der Waals surface area contributed by atoms with Crippen LogP contribution in [0.5, 0.6) is 0 Å². The molecule has 0 bridgehead atoms. The van der Waals surface area contributed by atoms with Crippen LogP contribution in [0.3, 0.4) is 0 Å². The van der Waals surface area contributed by atoms with Crippen LogP contribution in [-0.4, -0.2) is 58.1 Å². The Kier molecular flexibility index (Phi) is 7.26. The van der Waals surface area contributed by atoms with Crippen molar-refractivity contribution in [3.63, 3.8) is 0 Å². The SMILES string of the molecule is CN[C@@H](C)C(=O)N[C@H](C(=O)N1CCC[C@H]1c1nc(-c2ccc(C)c3ccccc23)cs1)C(C)(C)O. The number of nitrogens with one attached hydrogen (secondary N) is 2. The van der Waals surface area contributed by atoms with E-state index in [-0.39, 0.29) is 17.9 Å². The van der Waals surface area contributed by atoms with Crippen LogP contribution < -0.4 is 10.6 Å². The van der Waals surface area contributed by atoms with E-state index in [0.717, 1.165) is 34.5 Å². The van der Waals surface area contributed by atoms with E-state index >= 15 is 0 Å². The van der Waals surface area contributed by atoms with Crippen LogP contribution in [0, 0.1) is 6.92 Å². The van der Waals surface area contributed by atoms with E-state index in [1.54, 1.807) is 44.1 Å². The minimum Gasteiger partial charge on any atom is -0.388 e. The molecule has 3 aromatic rings. The summed E-state index contributed by atoms with van der Waals surface area (Å²) in [5, 5.41) is 21.7. The summed E-state index contributed by atoms with van der Waals surface area (Å²) in [7, 11) is 1.68. The number of amides is 2. The number of thiazole rings is 1. The molecule has 0 radical (unpaired) electrons. The molecular formula is C27H34N4O3S. The zero-order chi connectivity index (χ0) is 25.3. The number of benzene rings is 2. The lowest BCUT2D eigenvalue weighted by Gasteiger charge is -2.35. The number of aromatic nitrogens is 1. The molecule has 2 heterocycles. The molecule has 0 spiro atoms. The fourth-order valence-electron chi connectivity index (χ4n) is 4.63. The number of carbonyl (C=O) groups excluding carboxylic acids is 2. The number of likely N-dealkylation sites (tertiary alicyclic amines) is 1. The first-order valence-corrected chi connectivity index (χ1v) is 12.9. The Bertz CT molecular complexity index is 1230.